The van der Waals surface area contributed by atoms with Crippen LogP contribution in [0.25, 0.3) is 10.7 Å². The number of benzene rings is 1. The summed E-state index contributed by atoms with van der Waals surface area (Å²) in [6.45, 7) is 7.51. The Labute approximate surface area is 162 Å². The van der Waals surface area contributed by atoms with Crippen LogP contribution in [-0.2, 0) is 7.05 Å². The molecule has 0 saturated heterocycles. The Hall–Kier alpha value is -2.80. The molecule has 3 aromatic rings. The second-order valence-corrected chi connectivity index (χ2v) is 7.62. The van der Waals surface area contributed by atoms with Gasteiger partial charge in [0.05, 0.1) is 22.0 Å². The van der Waals surface area contributed by atoms with Crippen molar-refractivity contribution in [3.05, 3.63) is 51.2 Å². The van der Waals surface area contributed by atoms with Crippen molar-refractivity contribution in [2.45, 2.75) is 27.7 Å². The molecule has 0 fully saturated rings. The molecule has 2 aromatic heterocycles. The highest BCUT2D eigenvalue weighted by Crippen LogP contribution is 2.28. The molecule has 0 atom stereocenters. The SMILES string of the molecule is Cc1cc(-c2nc(C)c(C(=O)CN=Cc3cc(C)c(O)c(C)c3)s2)n(C)n1. The molecule has 27 heavy (non-hydrogen) atoms. The lowest BCUT2D eigenvalue weighted by atomic mass is 10.1. The van der Waals surface area contributed by atoms with E-state index in [1.54, 1.807) is 10.9 Å². The number of Topliss-reactive ketones (excluding diaryl/α,β-unsaturated/α-hetero) is 1. The maximum absolute atomic E-state index is 12.6. The van der Waals surface area contributed by atoms with Crippen LogP contribution >= 0.6 is 11.3 Å². The van der Waals surface area contributed by atoms with Crippen LogP contribution in [0.2, 0.25) is 0 Å². The number of hydrogen-bond acceptors (Lipinski definition) is 6. The van der Waals surface area contributed by atoms with Gasteiger partial charge in [0.25, 0.3) is 0 Å². The molecule has 2 heterocycles. The van der Waals surface area contributed by atoms with Crippen LogP contribution in [0.1, 0.15) is 37.7 Å². The number of rotatable bonds is 5. The van der Waals surface area contributed by atoms with E-state index in [-0.39, 0.29) is 12.3 Å². The molecular weight excluding hydrogens is 360 g/mol. The van der Waals surface area contributed by atoms with E-state index in [9.17, 15) is 9.90 Å². The van der Waals surface area contributed by atoms with E-state index in [2.05, 4.69) is 15.1 Å². The summed E-state index contributed by atoms with van der Waals surface area (Å²) in [6, 6.07) is 5.65. The fourth-order valence-electron chi connectivity index (χ4n) is 2.95. The van der Waals surface area contributed by atoms with Crippen molar-refractivity contribution in [3.8, 4) is 16.5 Å². The summed E-state index contributed by atoms with van der Waals surface area (Å²) in [7, 11) is 1.87. The van der Waals surface area contributed by atoms with Gasteiger partial charge < -0.3 is 5.11 Å². The predicted molar refractivity (Wildman–Crippen MR) is 108 cm³/mol. The summed E-state index contributed by atoms with van der Waals surface area (Å²) in [5, 5.41) is 14.9. The van der Waals surface area contributed by atoms with Gasteiger partial charge in [-0.25, -0.2) is 4.98 Å². The van der Waals surface area contributed by atoms with Crippen LogP contribution in [0, 0.1) is 27.7 Å². The highest BCUT2D eigenvalue weighted by atomic mass is 32.1. The Balaban J connectivity index is 1.76. The van der Waals surface area contributed by atoms with E-state index in [4.69, 9.17) is 0 Å². The van der Waals surface area contributed by atoms with Crippen LogP contribution in [0.4, 0.5) is 0 Å². The van der Waals surface area contributed by atoms with Gasteiger partial charge in [0.15, 0.2) is 5.78 Å². The molecular formula is C20H22N4O2S. The zero-order chi connectivity index (χ0) is 19.7. The molecule has 0 amide bonds. The molecule has 1 N–H and O–H groups in total. The number of phenols is 1. The van der Waals surface area contributed by atoms with E-state index in [0.717, 1.165) is 33.1 Å². The fourth-order valence-corrected chi connectivity index (χ4v) is 3.99. The second kappa shape index (κ2) is 7.44. The lowest BCUT2D eigenvalue weighted by Gasteiger charge is -2.04. The lowest BCUT2D eigenvalue weighted by Crippen LogP contribution is -2.03. The van der Waals surface area contributed by atoms with Gasteiger partial charge >= 0.3 is 0 Å². The number of aromatic nitrogens is 3. The van der Waals surface area contributed by atoms with Gasteiger partial charge in [0.1, 0.15) is 17.3 Å². The van der Waals surface area contributed by atoms with Crippen LogP contribution in [0.3, 0.4) is 0 Å². The van der Waals surface area contributed by atoms with Crippen LogP contribution < -0.4 is 0 Å². The highest BCUT2D eigenvalue weighted by Gasteiger charge is 2.17. The van der Waals surface area contributed by atoms with Crippen molar-refractivity contribution in [2.24, 2.45) is 12.0 Å². The minimum absolute atomic E-state index is 0.0568. The topological polar surface area (TPSA) is 80.4 Å². The monoisotopic (exact) mass is 382 g/mol. The van der Waals surface area contributed by atoms with E-state index in [1.165, 1.54) is 11.3 Å². The van der Waals surface area contributed by atoms with E-state index < -0.39 is 0 Å². The maximum Gasteiger partial charge on any atom is 0.196 e. The smallest absolute Gasteiger partial charge is 0.196 e. The second-order valence-electron chi connectivity index (χ2n) is 6.62. The Morgan fingerprint density at radius 1 is 1.22 bits per heavy atom. The van der Waals surface area contributed by atoms with Crippen molar-refractivity contribution in [1.29, 1.82) is 0 Å². The Kier molecular flexibility index (Phi) is 5.23. The summed E-state index contributed by atoms with van der Waals surface area (Å²) in [4.78, 5) is 22.0. The van der Waals surface area contributed by atoms with Crippen molar-refractivity contribution >= 4 is 23.3 Å². The van der Waals surface area contributed by atoms with Crippen LogP contribution in [0.5, 0.6) is 5.75 Å². The number of aliphatic imine (C=N–C) groups is 1. The van der Waals surface area contributed by atoms with Gasteiger partial charge in [-0.05, 0) is 62.6 Å². The number of phenolic OH excluding ortho intramolecular Hbond substituents is 1. The molecule has 0 aliphatic carbocycles. The number of aromatic hydroxyl groups is 1. The van der Waals surface area contributed by atoms with Gasteiger partial charge in [0, 0.05) is 13.3 Å². The third-order valence-corrected chi connectivity index (χ3v) is 5.48. The number of carbonyl (C=O) groups is 1. The zero-order valence-corrected chi connectivity index (χ0v) is 16.9. The zero-order valence-electron chi connectivity index (χ0n) is 16.1. The minimum Gasteiger partial charge on any atom is -0.507 e. The van der Waals surface area contributed by atoms with Gasteiger partial charge in [-0.2, -0.15) is 5.10 Å². The number of carbonyl (C=O) groups excluding carboxylic acids is 1. The molecule has 6 nitrogen and oxygen atoms in total. The first-order chi connectivity index (χ1) is 12.8. The van der Waals surface area contributed by atoms with Gasteiger partial charge in [-0.15, -0.1) is 11.3 Å². The molecule has 0 aliphatic rings. The summed E-state index contributed by atoms with van der Waals surface area (Å²) < 4.78 is 1.77. The van der Waals surface area contributed by atoms with Gasteiger partial charge in [-0.1, -0.05) is 0 Å². The van der Waals surface area contributed by atoms with Crippen molar-refractivity contribution < 1.29 is 9.90 Å². The number of thiazole rings is 1. The lowest BCUT2D eigenvalue weighted by molar-refractivity contribution is 0.100. The van der Waals surface area contributed by atoms with E-state index >= 15 is 0 Å². The Bertz CT molecular complexity index is 1020. The summed E-state index contributed by atoms with van der Waals surface area (Å²) in [5.41, 5.74) is 4.97. The van der Waals surface area contributed by atoms with Crippen molar-refractivity contribution in [3.63, 3.8) is 0 Å². The molecule has 0 bridgehead atoms. The largest absolute Gasteiger partial charge is 0.507 e. The van der Waals surface area contributed by atoms with Crippen LogP contribution in [-0.4, -0.2) is 38.4 Å². The summed E-state index contributed by atoms with van der Waals surface area (Å²) >= 11 is 1.37. The molecule has 140 valence electrons. The summed E-state index contributed by atoms with van der Waals surface area (Å²) in [5.74, 6) is 0.236. The van der Waals surface area contributed by atoms with Crippen molar-refractivity contribution in [2.75, 3.05) is 6.54 Å². The average Bonchev–Trinajstić information content (AvgIpc) is 3.14. The van der Waals surface area contributed by atoms with Gasteiger partial charge in [0.2, 0.25) is 0 Å². The minimum atomic E-state index is -0.0568. The first-order valence-electron chi connectivity index (χ1n) is 8.58. The predicted octanol–water partition coefficient (Wildman–Crippen LogP) is 3.78. The summed E-state index contributed by atoms with van der Waals surface area (Å²) in [6.07, 6.45) is 1.67. The Morgan fingerprint density at radius 3 is 2.48 bits per heavy atom. The van der Waals surface area contributed by atoms with Crippen molar-refractivity contribution in [1.82, 2.24) is 14.8 Å². The number of nitrogens with zero attached hydrogens (tertiary/aromatic N) is 4. The third kappa shape index (κ3) is 3.98. The molecule has 3 rings (SSSR count). The molecule has 7 heteroatoms. The first kappa shape index (κ1) is 19.0. The van der Waals surface area contributed by atoms with E-state index in [0.29, 0.717) is 16.3 Å². The number of hydrogen-bond donors (Lipinski definition) is 1. The normalized spacial score (nSPS) is 11.4. The average molecular weight is 382 g/mol. The molecule has 0 spiro atoms. The molecule has 0 aliphatic heterocycles. The van der Waals surface area contributed by atoms with E-state index in [1.807, 2.05) is 52.9 Å². The molecule has 1 aromatic carbocycles. The quantitative estimate of drug-likeness (QED) is 0.538. The first-order valence-corrected chi connectivity index (χ1v) is 9.39. The Morgan fingerprint density at radius 2 is 1.89 bits per heavy atom. The number of ketones is 1. The molecule has 0 unspecified atom stereocenters. The van der Waals surface area contributed by atoms with Crippen LogP contribution in [0.15, 0.2) is 23.2 Å². The highest BCUT2D eigenvalue weighted by molar-refractivity contribution is 7.17. The molecule has 0 radical (unpaired) electrons. The number of aryl methyl sites for hydroxylation is 5. The standard InChI is InChI=1S/C20H22N4O2S/c1-11-6-15(7-12(2)18(11)26)9-21-10-17(25)19-14(4)22-20(27-19)16-8-13(3)23-24(16)5/h6-9,26H,10H2,1-5H3. The molecule has 0 saturated carbocycles. The fraction of sp³-hybridized carbons (Fsp3) is 0.300. The van der Waals surface area contributed by atoms with Gasteiger partial charge in [-0.3, -0.25) is 14.5 Å². The third-order valence-electron chi connectivity index (χ3n) is 4.26. The maximum atomic E-state index is 12.6.